The second-order valence-corrected chi connectivity index (χ2v) is 7.29. The van der Waals surface area contributed by atoms with Gasteiger partial charge in [-0.3, -0.25) is 9.79 Å². The molecule has 1 saturated heterocycles. The van der Waals surface area contributed by atoms with Gasteiger partial charge >= 0.3 is 6.09 Å². The highest BCUT2D eigenvalue weighted by Crippen LogP contribution is 2.11. The molecule has 3 N–H and O–H groups in total. The summed E-state index contributed by atoms with van der Waals surface area (Å²) >= 11 is 0. The first-order chi connectivity index (χ1) is 12.8. The number of furan rings is 1. The fourth-order valence-corrected chi connectivity index (χ4v) is 2.72. The summed E-state index contributed by atoms with van der Waals surface area (Å²) in [6.07, 6.45) is 1.87. The van der Waals surface area contributed by atoms with Crippen LogP contribution in [0, 0.1) is 0 Å². The van der Waals surface area contributed by atoms with Crippen LogP contribution in [0.1, 0.15) is 37.7 Å². The smallest absolute Gasteiger partial charge is 0.407 e. The van der Waals surface area contributed by atoms with E-state index in [1.807, 2.05) is 20.8 Å². The molecule has 0 aromatic carbocycles. The van der Waals surface area contributed by atoms with Crippen molar-refractivity contribution in [3.05, 3.63) is 24.2 Å². The molecule has 0 spiro atoms. The number of likely N-dealkylation sites (tertiary alicyclic amines) is 1. The Hall–Kier alpha value is -1.98. The van der Waals surface area contributed by atoms with E-state index in [2.05, 4.69) is 25.8 Å². The third kappa shape index (κ3) is 7.95. The first-order valence-electron chi connectivity index (χ1n) is 9.05. The highest BCUT2D eigenvalue weighted by atomic mass is 127. The lowest BCUT2D eigenvalue weighted by atomic mass is 10.2. The molecule has 1 aromatic heterocycles. The van der Waals surface area contributed by atoms with Crippen LogP contribution in [0.4, 0.5) is 4.79 Å². The molecule has 2 heterocycles. The fourth-order valence-electron chi connectivity index (χ4n) is 2.72. The van der Waals surface area contributed by atoms with Crippen LogP contribution < -0.4 is 16.0 Å². The Labute approximate surface area is 182 Å². The number of carbonyl (C=O) groups excluding carboxylic acids is 2. The minimum atomic E-state index is -0.514. The third-order valence-electron chi connectivity index (χ3n) is 3.86. The summed E-state index contributed by atoms with van der Waals surface area (Å²) in [4.78, 5) is 30.0. The van der Waals surface area contributed by atoms with Crippen molar-refractivity contribution in [3.63, 3.8) is 0 Å². The lowest BCUT2D eigenvalue weighted by Gasteiger charge is -2.23. The summed E-state index contributed by atoms with van der Waals surface area (Å²) in [5.41, 5.74) is -0.514. The van der Waals surface area contributed by atoms with E-state index in [1.54, 1.807) is 19.2 Å². The highest BCUT2D eigenvalue weighted by molar-refractivity contribution is 14.0. The van der Waals surface area contributed by atoms with Crippen molar-refractivity contribution in [1.82, 2.24) is 20.9 Å². The summed E-state index contributed by atoms with van der Waals surface area (Å²) in [5, 5.41) is 8.87. The first kappa shape index (κ1) is 24.1. The Balaban J connectivity index is 0.00000392. The number of guanidine groups is 1. The number of hydrogen-bond acceptors (Lipinski definition) is 5. The minimum Gasteiger partial charge on any atom is -0.459 e. The van der Waals surface area contributed by atoms with Gasteiger partial charge in [0.1, 0.15) is 5.60 Å². The lowest BCUT2D eigenvalue weighted by molar-refractivity contribution is 0.0507. The summed E-state index contributed by atoms with van der Waals surface area (Å²) in [6.45, 7) is 7.90. The average molecular weight is 507 g/mol. The Kier molecular flexibility index (Phi) is 9.56. The van der Waals surface area contributed by atoms with E-state index in [-0.39, 0.29) is 41.7 Å². The van der Waals surface area contributed by atoms with Crippen molar-refractivity contribution in [2.45, 2.75) is 38.8 Å². The Morgan fingerprint density at radius 2 is 2.04 bits per heavy atom. The predicted molar refractivity (Wildman–Crippen MR) is 117 cm³/mol. The number of nitrogens with zero attached hydrogens (tertiary/aromatic N) is 2. The Morgan fingerprint density at radius 3 is 2.64 bits per heavy atom. The van der Waals surface area contributed by atoms with Crippen LogP contribution in [0.3, 0.4) is 0 Å². The fraction of sp³-hybridized carbons (Fsp3) is 0.611. The van der Waals surface area contributed by atoms with Crippen LogP contribution in [-0.2, 0) is 4.74 Å². The molecule has 0 saturated carbocycles. The van der Waals surface area contributed by atoms with Crippen LogP contribution >= 0.6 is 24.0 Å². The van der Waals surface area contributed by atoms with E-state index in [1.165, 1.54) is 6.26 Å². The van der Waals surface area contributed by atoms with E-state index < -0.39 is 11.7 Å². The van der Waals surface area contributed by atoms with Gasteiger partial charge in [-0.15, -0.1) is 24.0 Å². The van der Waals surface area contributed by atoms with Gasteiger partial charge < -0.3 is 30.0 Å². The molecule has 1 fully saturated rings. The molecular formula is C18H30IN5O4. The molecule has 0 aliphatic carbocycles. The summed E-state index contributed by atoms with van der Waals surface area (Å²) in [7, 11) is 1.71. The van der Waals surface area contributed by atoms with Crippen LogP contribution in [0.2, 0.25) is 0 Å². The molecule has 1 aliphatic rings. The molecule has 1 atom stereocenters. The zero-order chi connectivity index (χ0) is 19.9. The van der Waals surface area contributed by atoms with E-state index in [0.29, 0.717) is 19.6 Å². The lowest BCUT2D eigenvalue weighted by Crippen LogP contribution is -2.45. The number of carbonyl (C=O) groups is 2. The van der Waals surface area contributed by atoms with Gasteiger partial charge in [0, 0.05) is 33.2 Å². The van der Waals surface area contributed by atoms with Crippen LogP contribution in [0.25, 0.3) is 0 Å². The van der Waals surface area contributed by atoms with Crippen LogP contribution in [0.15, 0.2) is 27.8 Å². The van der Waals surface area contributed by atoms with Gasteiger partial charge in [-0.1, -0.05) is 0 Å². The van der Waals surface area contributed by atoms with Crippen molar-refractivity contribution in [1.29, 1.82) is 0 Å². The maximum absolute atomic E-state index is 11.9. The van der Waals surface area contributed by atoms with Gasteiger partial charge in [-0.2, -0.15) is 0 Å². The zero-order valence-electron chi connectivity index (χ0n) is 16.8. The number of hydrogen-bond donors (Lipinski definition) is 3. The van der Waals surface area contributed by atoms with Gasteiger partial charge in [0.15, 0.2) is 11.7 Å². The van der Waals surface area contributed by atoms with Crippen molar-refractivity contribution >= 4 is 41.9 Å². The van der Waals surface area contributed by atoms with Gasteiger partial charge in [0.2, 0.25) is 0 Å². The van der Waals surface area contributed by atoms with Crippen LogP contribution in [-0.4, -0.2) is 67.7 Å². The average Bonchev–Trinajstić information content (AvgIpc) is 3.24. The molecule has 2 rings (SSSR count). The number of halogens is 1. The second-order valence-electron chi connectivity index (χ2n) is 7.29. The molecular weight excluding hydrogens is 477 g/mol. The van der Waals surface area contributed by atoms with Gasteiger partial charge in [-0.05, 0) is 39.3 Å². The minimum absolute atomic E-state index is 0. The Bertz CT molecular complexity index is 657. The molecule has 10 heteroatoms. The largest absolute Gasteiger partial charge is 0.459 e. The van der Waals surface area contributed by atoms with Crippen molar-refractivity contribution in [2.24, 2.45) is 4.99 Å². The topological polar surface area (TPSA) is 108 Å². The van der Waals surface area contributed by atoms with Crippen molar-refractivity contribution < 1.29 is 18.7 Å². The molecule has 9 nitrogen and oxygen atoms in total. The third-order valence-corrected chi connectivity index (χ3v) is 3.86. The monoisotopic (exact) mass is 507 g/mol. The van der Waals surface area contributed by atoms with Crippen molar-refractivity contribution in [3.8, 4) is 0 Å². The second kappa shape index (κ2) is 11.1. The van der Waals surface area contributed by atoms with E-state index in [9.17, 15) is 9.59 Å². The van der Waals surface area contributed by atoms with E-state index in [4.69, 9.17) is 9.15 Å². The van der Waals surface area contributed by atoms with Gasteiger partial charge in [0.05, 0.1) is 12.3 Å². The maximum Gasteiger partial charge on any atom is 0.407 e. The summed E-state index contributed by atoms with van der Waals surface area (Å²) in [6, 6.07) is 3.30. The molecule has 158 valence electrons. The number of alkyl carbamates (subject to hydrolysis) is 1. The normalized spacial score (nSPS) is 16.9. The number of rotatable bonds is 5. The van der Waals surface area contributed by atoms with Gasteiger partial charge in [0.25, 0.3) is 5.91 Å². The number of aliphatic imine (C=N–C) groups is 1. The number of amides is 2. The number of ether oxygens (including phenoxy) is 1. The molecule has 0 bridgehead atoms. The summed E-state index contributed by atoms with van der Waals surface area (Å²) in [5.74, 6) is 0.769. The molecule has 1 unspecified atom stereocenters. The standard InChI is InChI=1S/C18H29N5O4.HI/c1-18(2,3)27-17(25)22-13-7-10-23(12-13)16(19-4)21-9-8-20-15(24)14-6-5-11-26-14;/h5-6,11,13H,7-10,12H2,1-4H3,(H,19,21)(H,20,24)(H,22,25);1H. The quantitative estimate of drug-likeness (QED) is 0.243. The molecule has 2 amide bonds. The van der Waals surface area contributed by atoms with Crippen LogP contribution in [0.5, 0.6) is 0 Å². The molecule has 28 heavy (non-hydrogen) atoms. The molecule has 1 aromatic rings. The first-order valence-corrected chi connectivity index (χ1v) is 9.05. The van der Waals surface area contributed by atoms with E-state index in [0.717, 1.165) is 18.9 Å². The maximum atomic E-state index is 11.9. The SMILES string of the molecule is CN=C(NCCNC(=O)c1ccco1)N1CCC(NC(=O)OC(C)(C)C)C1.I. The van der Waals surface area contributed by atoms with Gasteiger partial charge in [-0.25, -0.2) is 4.79 Å². The molecule has 0 radical (unpaired) electrons. The van der Waals surface area contributed by atoms with Crippen molar-refractivity contribution in [2.75, 3.05) is 33.2 Å². The summed E-state index contributed by atoms with van der Waals surface area (Å²) < 4.78 is 10.3. The highest BCUT2D eigenvalue weighted by Gasteiger charge is 2.27. The van der Waals surface area contributed by atoms with E-state index >= 15 is 0 Å². The predicted octanol–water partition coefficient (Wildman–Crippen LogP) is 1.80. The molecule has 1 aliphatic heterocycles. The Morgan fingerprint density at radius 1 is 1.32 bits per heavy atom. The zero-order valence-corrected chi connectivity index (χ0v) is 19.1. The number of nitrogens with one attached hydrogen (secondary N) is 3.